The molecule has 1 atom stereocenters. The van der Waals surface area contributed by atoms with E-state index in [2.05, 4.69) is 19.2 Å². The Morgan fingerprint density at radius 3 is 2.23 bits per heavy atom. The zero-order valence-corrected chi connectivity index (χ0v) is 17.8. The van der Waals surface area contributed by atoms with Crippen molar-refractivity contribution in [3.63, 3.8) is 0 Å². The number of carbonyl (C=O) groups is 2. The Morgan fingerprint density at radius 1 is 0.867 bits per heavy atom. The molecule has 4 nitrogen and oxygen atoms in total. The van der Waals surface area contributed by atoms with Gasteiger partial charge in [0.2, 0.25) is 0 Å². The summed E-state index contributed by atoms with van der Waals surface area (Å²) < 4.78 is 6.01. The zero-order chi connectivity index (χ0) is 21.7. The normalized spacial score (nSPS) is 11.8. The maximum Gasteiger partial charge on any atom is 0.265 e. The molecule has 0 saturated carbocycles. The summed E-state index contributed by atoms with van der Waals surface area (Å²) in [5.74, 6) is 0.543. The fourth-order valence-electron chi connectivity index (χ4n) is 3.23. The Hall–Kier alpha value is -3.40. The van der Waals surface area contributed by atoms with Crippen LogP contribution < -0.4 is 10.1 Å². The van der Waals surface area contributed by atoms with Crippen LogP contribution in [0.3, 0.4) is 0 Å². The van der Waals surface area contributed by atoms with Crippen LogP contribution in [-0.4, -0.2) is 17.8 Å². The summed E-state index contributed by atoms with van der Waals surface area (Å²) in [5, 5.41) is 2.86. The quantitative estimate of drug-likeness (QED) is 0.513. The maximum absolute atomic E-state index is 12.9. The van der Waals surface area contributed by atoms with E-state index in [0.29, 0.717) is 22.6 Å². The molecular weight excluding hydrogens is 374 g/mol. The van der Waals surface area contributed by atoms with Gasteiger partial charge in [-0.05, 0) is 49.1 Å². The summed E-state index contributed by atoms with van der Waals surface area (Å²) in [4.78, 5) is 25.7. The number of ether oxygens (including phenoxy) is 1. The fraction of sp³-hybridized carbons (Fsp3) is 0.231. The molecule has 0 aliphatic carbocycles. The van der Waals surface area contributed by atoms with Gasteiger partial charge in [-0.15, -0.1) is 0 Å². The molecule has 30 heavy (non-hydrogen) atoms. The molecule has 0 fully saturated rings. The number of para-hydroxylation sites is 1. The predicted octanol–water partition coefficient (Wildman–Crippen LogP) is 5.76. The van der Waals surface area contributed by atoms with Crippen molar-refractivity contribution < 1.29 is 14.3 Å². The highest BCUT2D eigenvalue weighted by Gasteiger charge is 2.20. The molecule has 3 rings (SSSR count). The highest BCUT2D eigenvalue weighted by Crippen LogP contribution is 2.28. The molecule has 154 valence electrons. The number of nitrogens with one attached hydrogen (secondary N) is 1. The van der Waals surface area contributed by atoms with Gasteiger partial charge in [0.05, 0.1) is 5.69 Å². The van der Waals surface area contributed by atoms with Gasteiger partial charge in [-0.3, -0.25) is 9.59 Å². The van der Waals surface area contributed by atoms with Crippen LogP contribution in [0.4, 0.5) is 5.69 Å². The van der Waals surface area contributed by atoms with Crippen molar-refractivity contribution in [1.29, 1.82) is 0 Å². The number of benzene rings is 3. The van der Waals surface area contributed by atoms with Crippen LogP contribution in [0.2, 0.25) is 0 Å². The Balaban J connectivity index is 1.79. The summed E-state index contributed by atoms with van der Waals surface area (Å²) in [6.07, 6.45) is -0.718. The van der Waals surface area contributed by atoms with E-state index in [4.69, 9.17) is 4.74 Å². The predicted molar refractivity (Wildman–Crippen MR) is 120 cm³/mol. The summed E-state index contributed by atoms with van der Waals surface area (Å²) in [6.45, 7) is 7.89. The third kappa shape index (κ3) is 4.95. The molecular formula is C26H27NO3. The molecule has 0 spiro atoms. The van der Waals surface area contributed by atoms with Gasteiger partial charge in [0, 0.05) is 11.1 Å². The lowest BCUT2D eigenvalue weighted by Crippen LogP contribution is -2.31. The molecule has 0 radical (unpaired) electrons. The fourth-order valence-corrected chi connectivity index (χ4v) is 3.23. The number of anilines is 1. The highest BCUT2D eigenvalue weighted by molar-refractivity contribution is 6.14. The van der Waals surface area contributed by atoms with Crippen molar-refractivity contribution in [1.82, 2.24) is 0 Å². The molecule has 0 aliphatic heterocycles. The molecule has 3 aromatic carbocycles. The smallest absolute Gasteiger partial charge is 0.265 e. The van der Waals surface area contributed by atoms with Gasteiger partial charge in [-0.1, -0.05) is 68.4 Å². The summed E-state index contributed by atoms with van der Waals surface area (Å²) in [5.41, 5.74) is 3.62. The van der Waals surface area contributed by atoms with Crippen LogP contribution >= 0.6 is 0 Å². The average molecular weight is 402 g/mol. The maximum atomic E-state index is 12.9. The molecule has 0 bridgehead atoms. The molecule has 0 aromatic heterocycles. The van der Waals surface area contributed by atoms with Crippen molar-refractivity contribution in [3.8, 4) is 5.75 Å². The lowest BCUT2D eigenvalue weighted by atomic mass is 10.0. The van der Waals surface area contributed by atoms with E-state index in [-0.39, 0.29) is 17.6 Å². The molecule has 0 heterocycles. The SMILES string of the molecule is Cc1ccc(C(C)C)c(O[C@@H](C)C(=O)Nc2ccccc2C(=O)c2ccccc2)c1. The Morgan fingerprint density at radius 2 is 1.53 bits per heavy atom. The first kappa shape index (κ1) is 21.3. The first-order valence-electron chi connectivity index (χ1n) is 10.1. The topological polar surface area (TPSA) is 55.4 Å². The van der Waals surface area contributed by atoms with Crippen LogP contribution in [0.1, 0.15) is 53.7 Å². The number of amides is 1. The number of hydrogen-bond acceptors (Lipinski definition) is 3. The lowest BCUT2D eigenvalue weighted by molar-refractivity contribution is -0.122. The molecule has 0 unspecified atom stereocenters. The Kier molecular flexibility index (Phi) is 6.68. The number of ketones is 1. The van der Waals surface area contributed by atoms with Crippen molar-refractivity contribution in [2.24, 2.45) is 0 Å². The Bertz CT molecular complexity index is 1040. The summed E-state index contributed by atoms with van der Waals surface area (Å²) in [6, 6.07) is 22.1. The van der Waals surface area contributed by atoms with Crippen molar-refractivity contribution in [3.05, 3.63) is 95.1 Å². The summed E-state index contributed by atoms with van der Waals surface area (Å²) in [7, 11) is 0. The van der Waals surface area contributed by atoms with E-state index in [1.807, 2.05) is 43.3 Å². The second-order valence-corrected chi connectivity index (χ2v) is 7.69. The van der Waals surface area contributed by atoms with Crippen molar-refractivity contribution in [2.45, 2.75) is 39.7 Å². The number of rotatable bonds is 7. The molecule has 3 aromatic rings. The van der Waals surface area contributed by atoms with Crippen LogP contribution in [0.5, 0.6) is 5.75 Å². The van der Waals surface area contributed by atoms with Gasteiger partial charge in [0.15, 0.2) is 11.9 Å². The molecule has 1 amide bonds. The van der Waals surface area contributed by atoms with Gasteiger partial charge in [-0.25, -0.2) is 0 Å². The third-order valence-corrected chi connectivity index (χ3v) is 4.93. The second-order valence-electron chi connectivity index (χ2n) is 7.69. The highest BCUT2D eigenvalue weighted by atomic mass is 16.5. The van der Waals surface area contributed by atoms with E-state index < -0.39 is 6.10 Å². The number of carbonyl (C=O) groups excluding carboxylic acids is 2. The lowest BCUT2D eigenvalue weighted by Gasteiger charge is -2.20. The van der Waals surface area contributed by atoms with Gasteiger partial charge in [0.25, 0.3) is 5.91 Å². The first-order chi connectivity index (χ1) is 14.4. The molecule has 0 saturated heterocycles. The second kappa shape index (κ2) is 9.40. The number of hydrogen-bond donors (Lipinski definition) is 1. The average Bonchev–Trinajstić information content (AvgIpc) is 2.74. The van der Waals surface area contributed by atoms with Gasteiger partial charge < -0.3 is 10.1 Å². The van der Waals surface area contributed by atoms with Crippen LogP contribution in [0.25, 0.3) is 0 Å². The Labute approximate surface area is 177 Å². The largest absolute Gasteiger partial charge is 0.481 e. The van der Waals surface area contributed by atoms with E-state index in [0.717, 1.165) is 11.1 Å². The van der Waals surface area contributed by atoms with E-state index in [9.17, 15) is 9.59 Å². The minimum Gasteiger partial charge on any atom is -0.481 e. The van der Waals surface area contributed by atoms with E-state index in [1.54, 1.807) is 43.3 Å². The van der Waals surface area contributed by atoms with Gasteiger partial charge in [0.1, 0.15) is 5.75 Å². The summed E-state index contributed by atoms with van der Waals surface area (Å²) >= 11 is 0. The standard InChI is InChI=1S/C26H27NO3/c1-17(2)21-15-14-18(3)16-24(21)30-19(4)26(29)27-23-13-9-8-12-22(23)25(28)20-10-6-5-7-11-20/h5-17,19H,1-4H3,(H,27,29)/t19-/m0/s1. The zero-order valence-electron chi connectivity index (χ0n) is 17.8. The first-order valence-corrected chi connectivity index (χ1v) is 10.1. The third-order valence-electron chi connectivity index (χ3n) is 4.93. The van der Waals surface area contributed by atoms with Crippen molar-refractivity contribution >= 4 is 17.4 Å². The monoisotopic (exact) mass is 401 g/mol. The number of aryl methyl sites for hydroxylation is 1. The van der Waals surface area contributed by atoms with Crippen LogP contribution in [-0.2, 0) is 4.79 Å². The molecule has 0 aliphatic rings. The molecule has 1 N–H and O–H groups in total. The minimum absolute atomic E-state index is 0.138. The van der Waals surface area contributed by atoms with Crippen LogP contribution in [0, 0.1) is 6.92 Å². The van der Waals surface area contributed by atoms with E-state index in [1.165, 1.54) is 0 Å². The minimum atomic E-state index is -0.718. The van der Waals surface area contributed by atoms with Crippen molar-refractivity contribution in [2.75, 3.05) is 5.32 Å². The van der Waals surface area contributed by atoms with E-state index >= 15 is 0 Å². The van der Waals surface area contributed by atoms with Gasteiger partial charge >= 0.3 is 0 Å². The van der Waals surface area contributed by atoms with Gasteiger partial charge in [-0.2, -0.15) is 0 Å². The van der Waals surface area contributed by atoms with Crippen LogP contribution in [0.15, 0.2) is 72.8 Å². The molecule has 4 heteroatoms.